The number of esters is 1. The predicted octanol–water partition coefficient (Wildman–Crippen LogP) is 3.56. The minimum Gasteiger partial charge on any atom is -0.461 e. The minimum atomic E-state index is -0.373. The Kier molecular flexibility index (Phi) is 3.72. The van der Waals surface area contributed by atoms with Gasteiger partial charge in [-0.2, -0.15) is 0 Å². The van der Waals surface area contributed by atoms with Crippen LogP contribution in [-0.4, -0.2) is 5.97 Å². The van der Waals surface area contributed by atoms with Gasteiger partial charge in [-0.3, -0.25) is 4.79 Å². The van der Waals surface area contributed by atoms with Gasteiger partial charge in [-0.15, -0.1) is 0 Å². The molecule has 0 unspecified atom stereocenters. The maximum absolute atomic E-state index is 13.9. The fourth-order valence-corrected chi connectivity index (χ4v) is 1.69. The molecule has 0 aromatic heterocycles. The molecular weight excluding hydrogens is 231 g/mol. The maximum atomic E-state index is 13.9. The van der Waals surface area contributed by atoms with Crippen LogP contribution in [0.2, 0.25) is 0 Å². The lowest BCUT2D eigenvalue weighted by molar-refractivity contribution is -0.142. The van der Waals surface area contributed by atoms with E-state index in [9.17, 15) is 9.18 Å². The van der Waals surface area contributed by atoms with E-state index in [-0.39, 0.29) is 18.4 Å². The Morgan fingerprint density at radius 3 is 2.50 bits per heavy atom. The van der Waals surface area contributed by atoms with Crippen molar-refractivity contribution in [3.63, 3.8) is 0 Å². The first kappa shape index (κ1) is 12.3. The number of rotatable bonds is 3. The Morgan fingerprint density at radius 1 is 1.17 bits per heavy atom. The van der Waals surface area contributed by atoms with Crippen LogP contribution < -0.4 is 0 Å². The Balaban J connectivity index is 2.23. The van der Waals surface area contributed by atoms with Crippen LogP contribution in [0.15, 0.2) is 48.5 Å². The fourth-order valence-electron chi connectivity index (χ4n) is 1.69. The second-order valence-corrected chi connectivity index (χ2v) is 3.96. The molecule has 0 saturated heterocycles. The summed E-state index contributed by atoms with van der Waals surface area (Å²) in [7, 11) is 0. The lowest BCUT2D eigenvalue weighted by Crippen LogP contribution is -1.99. The summed E-state index contributed by atoms with van der Waals surface area (Å²) >= 11 is 0. The molecule has 18 heavy (non-hydrogen) atoms. The zero-order valence-electron chi connectivity index (χ0n) is 10.0. The van der Waals surface area contributed by atoms with Crippen LogP contribution in [-0.2, 0) is 16.1 Å². The average molecular weight is 244 g/mol. The van der Waals surface area contributed by atoms with Crippen LogP contribution in [0.25, 0.3) is 11.1 Å². The number of carbonyl (C=O) groups excluding carboxylic acids is 1. The van der Waals surface area contributed by atoms with Gasteiger partial charge in [-0.1, -0.05) is 42.5 Å². The smallest absolute Gasteiger partial charge is 0.302 e. The number of carbonyl (C=O) groups is 1. The van der Waals surface area contributed by atoms with E-state index in [1.165, 1.54) is 13.0 Å². The first-order valence-electron chi connectivity index (χ1n) is 5.64. The van der Waals surface area contributed by atoms with Gasteiger partial charge < -0.3 is 4.74 Å². The molecule has 0 aliphatic carbocycles. The summed E-state index contributed by atoms with van der Waals surface area (Å²) in [6.45, 7) is 1.43. The van der Waals surface area contributed by atoms with Gasteiger partial charge in [0.2, 0.25) is 0 Å². The molecule has 2 rings (SSSR count). The fraction of sp³-hybridized carbons (Fsp3) is 0.133. The molecular formula is C15H13FO2. The zero-order valence-corrected chi connectivity index (χ0v) is 10.0. The predicted molar refractivity (Wildman–Crippen MR) is 67.3 cm³/mol. The SMILES string of the molecule is CC(=O)OCc1ccc(-c2ccccc2)c(F)c1. The molecule has 3 heteroatoms. The lowest BCUT2D eigenvalue weighted by Gasteiger charge is -2.06. The molecule has 0 amide bonds. The molecule has 2 aromatic carbocycles. The van der Waals surface area contributed by atoms with Gasteiger partial charge in [0.15, 0.2) is 0 Å². The highest BCUT2D eigenvalue weighted by Crippen LogP contribution is 2.23. The molecule has 0 atom stereocenters. The zero-order chi connectivity index (χ0) is 13.0. The van der Waals surface area contributed by atoms with Crippen molar-refractivity contribution in [2.45, 2.75) is 13.5 Å². The molecule has 0 heterocycles. The first-order valence-corrected chi connectivity index (χ1v) is 5.64. The summed E-state index contributed by atoms with van der Waals surface area (Å²) < 4.78 is 18.7. The van der Waals surface area contributed by atoms with Crippen LogP contribution >= 0.6 is 0 Å². The van der Waals surface area contributed by atoms with Crippen molar-refractivity contribution in [2.75, 3.05) is 0 Å². The van der Waals surface area contributed by atoms with E-state index in [1.54, 1.807) is 12.1 Å². The van der Waals surface area contributed by atoms with Crippen molar-refractivity contribution in [1.82, 2.24) is 0 Å². The van der Waals surface area contributed by atoms with E-state index in [4.69, 9.17) is 4.74 Å². The Hall–Kier alpha value is -2.16. The van der Waals surface area contributed by atoms with E-state index in [2.05, 4.69) is 0 Å². The Labute approximate surface area is 105 Å². The lowest BCUT2D eigenvalue weighted by atomic mass is 10.0. The molecule has 0 fully saturated rings. The van der Waals surface area contributed by atoms with Crippen molar-refractivity contribution < 1.29 is 13.9 Å². The highest BCUT2D eigenvalue weighted by molar-refractivity contribution is 5.66. The molecule has 0 radical (unpaired) electrons. The highest BCUT2D eigenvalue weighted by Gasteiger charge is 2.06. The molecule has 0 aliphatic rings. The minimum absolute atomic E-state index is 0.0985. The van der Waals surface area contributed by atoms with Crippen molar-refractivity contribution >= 4 is 5.97 Å². The van der Waals surface area contributed by atoms with E-state index in [0.717, 1.165) is 5.56 Å². The number of halogens is 1. The van der Waals surface area contributed by atoms with E-state index < -0.39 is 0 Å². The summed E-state index contributed by atoms with van der Waals surface area (Å²) in [5, 5.41) is 0. The molecule has 0 N–H and O–H groups in total. The molecule has 2 aromatic rings. The number of hydrogen-bond donors (Lipinski definition) is 0. The molecule has 92 valence electrons. The van der Waals surface area contributed by atoms with Gasteiger partial charge in [0, 0.05) is 12.5 Å². The molecule has 0 bridgehead atoms. The molecule has 0 spiro atoms. The number of hydrogen-bond acceptors (Lipinski definition) is 2. The van der Waals surface area contributed by atoms with Gasteiger partial charge >= 0.3 is 5.97 Å². The van der Waals surface area contributed by atoms with Gasteiger partial charge in [0.05, 0.1) is 0 Å². The number of ether oxygens (including phenoxy) is 1. The van der Waals surface area contributed by atoms with Crippen LogP contribution in [0.5, 0.6) is 0 Å². The number of benzene rings is 2. The van der Waals surface area contributed by atoms with Gasteiger partial charge in [-0.25, -0.2) is 4.39 Å². The van der Waals surface area contributed by atoms with Crippen molar-refractivity contribution in [3.05, 3.63) is 59.9 Å². The summed E-state index contributed by atoms with van der Waals surface area (Å²) in [6.07, 6.45) is 0. The maximum Gasteiger partial charge on any atom is 0.302 e. The Morgan fingerprint density at radius 2 is 1.89 bits per heavy atom. The molecule has 0 saturated carbocycles. The summed E-state index contributed by atoms with van der Waals surface area (Å²) in [4.78, 5) is 10.7. The third-order valence-corrected chi connectivity index (χ3v) is 2.56. The van der Waals surface area contributed by atoms with Gasteiger partial charge in [0.25, 0.3) is 0 Å². The van der Waals surface area contributed by atoms with Crippen LogP contribution in [0, 0.1) is 5.82 Å². The van der Waals surface area contributed by atoms with E-state index in [0.29, 0.717) is 11.1 Å². The quantitative estimate of drug-likeness (QED) is 0.772. The van der Waals surface area contributed by atoms with Crippen molar-refractivity contribution in [3.8, 4) is 11.1 Å². The monoisotopic (exact) mass is 244 g/mol. The topological polar surface area (TPSA) is 26.3 Å². The van der Waals surface area contributed by atoms with Crippen LogP contribution in [0.1, 0.15) is 12.5 Å². The standard InChI is InChI=1S/C15H13FO2/c1-11(17)18-10-12-7-8-14(15(16)9-12)13-5-3-2-4-6-13/h2-9H,10H2,1H3. The third kappa shape index (κ3) is 2.94. The summed E-state index contributed by atoms with van der Waals surface area (Å²) in [6, 6.07) is 14.2. The van der Waals surface area contributed by atoms with Gasteiger partial charge in [0.1, 0.15) is 12.4 Å². The van der Waals surface area contributed by atoms with Crippen LogP contribution in [0.3, 0.4) is 0 Å². The highest BCUT2D eigenvalue weighted by atomic mass is 19.1. The van der Waals surface area contributed by atoms with Crippen molar-refractivity contribution in [1.29, 1.82) is 0 Å². The van der Waals surface area contributed by atoms with E-state index in [1.807, 2.05) is 30.3 Å². The van der Waals surface area contributed by atoms with Gasteiger partial charge in [-0.05, 0) is 17.2 Å². The van der Waals surface area contributed by atoms with E-state index >= 15 is 0 Å². The Bertz CT molecular complexity index is 550. The van der Waals surface area contributed by atoms with Crippen molar-refractivity contribution in [2.24, 2.45) is 0 Å². The average Bonchev–Trinajstić information content (AvgIpc) is 2.37. The normalized spacial score (nSPS) is 10.1. The molecule has 0 aliphatic heterocycles. The third-order valence-electron chi connectivity index (χ3n) is 2.56. The largest absolute Gasteiger partial charge is 0.461 e. The second-order valence-electron chi connectivity index (χ2n) is 3.96. The van der Waals surface area contributed by atoms with Crippen LogP contribution in [0.4, 0.5) is 4.39 Å². The first-order chi connectivity index (χ1) is 8.66. The second kappa shape index (κ2) is 5.45. The summed E-state index contributed by atoms with van der Waals surface area (Å²) in [5.74, 6) is -0.687. The summed E-state index contributed by atoms with van der Waals surface area (Å²) in [5.41, 5.74) is 2.01. The molecule has 2 nitrogen and oxygen atoms in total.